The van der Waals surface area contributed by atoms with E-state index >= 15 is 0 Å². The Labute approximate surface area is 90.1 Å². The van der Waals surface area contributed by atoms with Crippen molar-refractivity contribution in [2.45, 2.75) is 0 Å². The molecule has 0 saturated heterocycles. The zero-order valence-electron chi connectivity index (χ0n) is 7.73. The summed E-state index contributed by atoms with van der Waals surface area (Å²) in [4.78, 5) is 9.98. The highest BCUT2D eigenvalue weighted by Gasteiger charge is 2.05. The second-order valence-corrected chi connectivity index (χ2v) is 3.49. The highest BCUT2D eigenvalue weighted by Crippen LogP contribution is 2.17. The van der Waals surface area contributed by atoms with E-state index in [1.807, 2.05) is 0 Å². The molecule has 0 fully saturated rings. The lowest BCUT2D eigenvalue weighted by Crippen LogP contribution is -1.90. The smallest absolute Gasteiger partial charge is 0.387 e. The van der Waals surface area contributed by atoms with Gasteiger partial charge in [0.25, 0.3) is 0 Å². The molecule has 0 aliphatic rings. The Bertz CT molecular complexity index is 619. The van der Waals surface area contributed by atoms with Gasteiger partial charge in [-0.05, 0) is 6.07 Å². The molecule has 2 rings (SSSR count). The second-order valence-electron chi connectivity index (χ2n) is 2.63. The number of H-pyrrole nitrogens is 1. The third kappa shape index (κ3) is 4.01. The van der Waals surface area contributed by atoms with Gasteiger partial charge in [-0.1, -0.05) is 0 Å². The Hall–Kier alpha value is -2.02. The third-order valence-electron chi connectivity index (χ3n) is 1.52. The summed E-state index contributed by atoms with van der Waals surface area (Å²) in [6.45, 7) is 0. The van der Waals surface area contributed by atoms with Crippen LogP contribution in [0.5, 0.6) is 0 Å². The number of diazo groups is 1. The van der Waals surface area contributed by atoms with Crippen LogP contribution in [0.1, 0.15) is 0 Å². The van der Waals surface area contributed by atoms with E-state index in [2.05, 4.69) is 14.9 Å². The van der Waals surface area contributed by atoms with Gasteiger partial charge in [-0.25, -0.2) is 13.4 Å². The van der Waals surface area contributed by atoms with Gasteiger partial charge in [0.05, 0.1) is 23.4 Å². The topological polar surface area (TPSA) is 134 Å². The minimum Gasteiger partial charge on any atom is -0.726 e. The molecule has 0 aliphatic heterocycles. The molecular formula is C7H6N4O4S. The standard InChI is InChI=1S/C7H5N4.H2O4S/c8-11-5-1-2-6-7(3-5)10-4-9-6;1-5(2,3)4/h1-4H,(H,9,10);(H2,1,2,3,4)/q+1;/p-1. The van der Waals surface area contributed by atoms with Gasteiger partial charge in [-0.2, -0.15) is 0 Å². The summed E-state index contributed by atoms with van der Waals surface area (Å²) in [5, 5.41) is 8.43. The number of benzene rings is 1. The SMILES string of the molecule is N#[N+]c1ccc2nc[nH]c2c1.O=S(=O)([O-])O. The largest absolute Gasteiger partial charge is 0.726 e. The lowest BCUT2D eigenvalue weighted by molar-refractivity contribution is 0.366. The lowest BCUT2D eigenvalue weighted by Gasteiger charge is -1.88. The number of imidazole rings is 1. The number of aromatic amines is 1. The van der Waals surface area contributed by atoms with E-state index in [1.54, 1.807) is 24.5 Å². The Kier molecular flexibility index (Phi) is 3.51. The monoisotopic (exact) mass is 242 g/mol. The van der Waals surface area contributed by atoms with Crippen molar-refractivity contribution < 1.29 is 17.5 Å². The van der Waals surface area contributed by atoms with Gasteiger partial charge in [-0.15, -0.1) is 0 Å². The molecule has 2 aromatic rings. The number of hydrogen-bond acceptors (Lipinski definition) is 5. The van der Waals surface area contributed by atoms with Crippen LogP contribution in [-0.2, 0) is 10.4 Å². The Morgan fingerprint density at radius 3 is 2.69 bits per heavy atom. The zero-order chi connectivity index (χ0) is 12.2. The third-order valence-corrected chi connectivity index (χ3v) is 1.52. The summed E-state index contributed by atoms with van der Waals surface area (Å²) < 4.78 is 32.8. The van der Waals surface area contributed by atoms with Crippen LogP contribution in [0.3, 0.4) is 0 Å². The van der Waals surface area contributed by atoms with E-state index in [0.717, 1.165) is 11.0 Å². The highest BCUT2D eigenvalue weighted by molar-refractivity contribution is 7.79. The minimum absolute atomic E-state index is 0.529. The molecule has 9 heteroatoms. The number of nitrogens with zero attached hydrogens (tertiary/aromatic N) is 3. The fraction of sp³-hybridized carbons (Fsp3) is 0. The fourth-order valence-corrected chi connectivity index (χ4v) is 0.986. The Morgan fingerprint density at radius 2 is 2.12 bits per heavy atom. The highest BCUT2D eigenvalue weighted by atomic mass is 32.3. The maximum atomic E-state index is 8.63. The van der Waals surface area contributed by atoms with Crippen molar-refractivity contribution in [1.82, 2.24) is 9.97 Å². The molecule has 0 unspecified atom stereocenters. The summed E-state index contributed by atoms with van der Waals surface area (Å²) in [6, 6.07) is 5.21. The predicted molar refractivity (Wildman–Crippen MR) is 53.2 cm³/mol. The first-order valence-electron chi connectivity index (χ1n) is 3.86. The van der Waals surface area contributed by atoms with Crippen molar-refractivity contribution in [2.24, 2.45) is 0 Å². The van der Waals surface area contributed by atoms with Crippen LogP contribution in [0, 0.1) is 5.39 Å². The van der Waals surface area contributed by atoms with Crippen LogP contribution in [0.4, 0.5) is 5.69 Å². The first kappa shape index (κ1) is 12.1. The van der Waals surface area contributed by atoms with Gasteiger partial charge in [0.2, 0.25) is 15.8 Å². The van der Waals surface area contributed by atoms with Crippen molar-refractivity contribution in [1.29, 1.82) is 5.39 Å². The van der Waals surface area contributed by atoms with E-state index in [1.165, 1.54) is 0 Å². The van der Waals surface area contributed by atoms with Crippen molar-refractivity contribution in [3.63, 3.8) is 0 Å². The van der Waals surface area contributed by atoms with Crippen molar-refractivity contribution in [2.75, 3.05) is 0 Å². The number of aromatic nitrogens is 2. The van der Waals surface area contributed by atoms with Crippen LogP contribution in [-0.4, -0.2) is 27.5 Å². The molecule has 0 aliphatic carbocycles. The molecule has 0 spiro atoms. The van der Waals surface area contributed by atoms with E-state index in [4.69, 9.17) is 22.9 Å². The van der Waals surface area contributed by atoms with Gasteiger partial charge in [0, 0.05) is 6.07 Å². The molecule has 84 valence electrons. The average Bonchev–Trinajstić information content (AvgIpc) is 2.61. The summed E-state index contributed by atoms with van der Waals surface area (Å²) in [5.41, 5.74) is 2.28. The first-order valence-corrected chi connectivity index (χ1v) is 5.23. The van der Waals surface area contributed by atoms with E-state index < -0.39 is 10.4 Å². The predicted octanol–water partition coefficient (Wildman–Crippen LogP) is 1.05. The molecule has 2 N–H and O–H groups in total. The van der Waals surface area contributed by atoms with Crippen LogP contribution < -0.4 is 0 Å². The molecule has 8 nitrogen and oxygen atoms in total. The van der Waals surface area contributed by atoms with Gasteiger partial charge >= 0.3 is 5.69 Å². The first-order chi connectivity index (χ1) is 7.40. The summed E-state index contributed by atoms with van der Waals surface area (Å²) >= 11 is 0. The van der Waals surface area contributed by atoms with Gasteiger partial charge in [0.15, 0.2) is 4.98 Å². The van der Waals surface area contributed by atoms with Crippen molar-refractivity contribution >= 4 is 27.1 Å². The molecule has 0 saturated carbocycles. The second kappa shape index (κ2) is 4.67. The molecule has 16 heavy (non-hydrogen) atoms. The molecular weight excluding hydrogens is 236 g/mol. The number of rotatable bonds is 0. The summed E-state index contributed by atoms with van der Waals surface area (Å²) in [7, 11) is -4.92. The van der Waals surface area contributed by atoms with Crippen LogP contribution in [0.2, 0.25) is 0 Å². The maximum absolute atomic E-state index is 8.63. The lowest BCUT2D eigenvalue weighted by atomic mass is 10.3. The molecule has 0 amide bonds. The quantitative estimate of drug-likeness (QED) is 0.402. The van der Waals surface area contributed by atoms with E-state index in [0.29, 0.717) is 5.69 Å². The molecule has 1 aromatic heterocycles. The number of fused-ring (bicyclic) bond motifs is 1. The maximum Gasteiger partial charge on any atom is 0.387 e. The van der Waals surface area contributed by atoms with Crippen LogP contribution in [0.25, 0.3) is 16.0 Å². The zero-order valence-corrected chi connectivity index (χ0v) is 8.55. The Balaban J connectivity index is 0.000000221. The fourth-order valence-electron chi connectivity index (χ4n) is 0.986. The van der Waals surface area contributed by atoms with Crippen LogP contribution in [0.15, 0.2) is 24.5 Å². The number of hydrogen-bond donors (Lipinski definition) is 2. The molecule has 0 radical (unpaired) electrons. The average molecular weight is 242 g/mol. The van der Waals surface area contributed by atoms with Crippen LogP contribution >= 0.6 is 0 Å². The van der Waals surface area contributed by atoms with E-state index in [9.17, 15) is 0 Å². The van der Waals surface area contributed by atoms with E-state index in [-0.39, 0.29) is 0 Å². The molecule has 0 bridgehead atoms. The van der Waals surface area contributed by atoms with Crippen molar-refractivity contribution in [3.05, 3.63) is 29.5 Å². The Morgan fingerprint density at radius 1 is 1.50 bits per heavy atom. The van der Waals surface area contributed by atoms with Gasteiger partial charge in [-0.3, -0.25) is 4.55 Å². The summed E-state index contributed by atoms with van der Waals surface area (Å²) in [6.07, 6.45) is 1.60. The molecule has 0 atom stereocenters. The molecule has 1 heterocycles. The summed E-state index contributed by atoms with van der Waals surface area (Å²) in [5.74, 6) is 0. The van der Waals surface area contributed by atoms with Gasteiger partial charge in [0.1, 0.15) is 0 Å². The van der Waals surface area contributed by atoms with Gasteiger partial charge < -0.3 is 9.54 Å². The normalized spacial score (nSPS) is 10.3. The van der Waals surface area contributed by atoms with Crippen molar-refractivity contribution in [3.8, 4) is 0 Å². The minimum atomic E-state index is -4.92. The molecule has 1 aromatic carbocycles. The number of nitrogens with one attached hydrogen (secondary N) is 1.